The van der Waals surface area contributed by atoms with Crippen molar-refractivity contribution in [3.63, 3.8) is 0 Å². The van der Waals surface area contributed by atoms with E-state index in [4.69, 9.17) is 0 Å². The smallest absolute Gasteiger partial charge is 0.0107 e. The summed E-state index contributed by atoms with van der Waals surface area (Å²) in [4.78, 5) is 2.50. The molecule has 2 rings (SSSR count). The monoisotopic (exact) mass is 236 g/mol. The van der Waals surface area contributed by atoms with E-state index < -0.39 is 0 Å². The molecule has 0 aliphatic heterocycles. The van der Waals surface area contributed by atoms with Gasteiger partial charge < -0.3 is 10.2 Å². The molecule has 98 valence electrons. The van der Waals surface area contributed by atoms with Gasteiger partial charge in [-0.15, -0.1) is 0 Å². The summed E-state index contributed by atoms with van der Waals surface area (Å²) in [6, 6.07) is 0.900. The standard InChI is InChI=1S/C15H28N2/c1-12-8-13(2)10-14(9-12)11-16-6-7-17(3)15-4-5-15/h8,12,14-16H,4-7,9-11H2,1-3H3. The van der Waals surface area contributed by atoms with Crippen molar-refractivity contribution >= 4 is 0 Å². The maximum absolute atomic E-state index is 3.64. The molecular weight excluding hydrogens is 208 g/mol. The van der Waals surface area contributed by atoms with Crippen molar-refractivity contribution < 1.29 is 0 Å². The van der Waals surface area contributed by atoms with Gasteiger partial charge in [0.25, 0.3) is 0 Å². The van der Waals surface area contributed by atoms with Crippen LogP contribution in [0, 0.1) is 11.8 Å². The van der Waals surface area contributed by atoms with Crippen LogP contribution >= 0.6 is 0 Å². The molecule has 1 fully saturated rings. The molecule has 0 spiro atoms. The molecule has 0 aromatic carbocycles. The van der Waals surface area contributed by atoms with Crippen molar-refractivity contribution in [1.82, 2.24) is 10.2 Å². The first kappa shape index (κ1) is 13.1. The van der Waals surface area contributed by atoms with E-state index in [1.165, 1.54) is 38.8 Å². The molecule has 2 heteroatoms. The lowest BCUT2D eigenvalue weighted by Gasteiger charge is -2.26. The fraction of sp³-hybridized carbons (Fsp3) is 0.867. The zero-order valence-electron chi connectivity index (χ0n) is 11.7. The van der Waals surface area contributed by atoms with Crippen molar-refractivity contribution in [2.75, 3.05) is 26.7 Å². The molecule has 2 aliphatic carbocycles. The fourth-order valence-electron chi connectivity index (χ4n) is 3.10. The Morgan fingerprint density at radius 1 is 1.41 bits per heavy atom. The summed E-state index contributed by atoms with van der Waals surface area (Å²) in [6.07, 6.45) is 7.94. The van der Waals surface area contributed by atoms with Crippen LogP contribution in [0.25, 0.3) is 0 Å². The predicted molar refractivity (Wildman–Crippen MR) is 74.2 cm³/mol. The normalized spacial score (nSPS) is 29.5. The minimum atomic E-state index is 0.782. The molecule has 0 bridgehead atoms. The van der Waals surface area contributed by atoms with Crippen molar-refractivity contribution in [2.24, 2.45) is 11.8 Å². The highest BCUT2D eigenvalue weighted by Crippen LogP contribution is 2.27. The summed E-state index contributed by atoms with van der Waals surface area (Å²) in [5, 5.41) is 3.64. The molecule has 17 heavy (non-hydrogen) atoms. The molecule has 2 nitrogen and oxygen atoms in total. The second kappa shape index (κ2) is 6.01. The molecule has 0 heterocycles. The van der Waals surface area contributed by atoms with Crippen LogP contribution in [0.4, 0.5) is 0 Å². The first-order valence-electron chi connectivity index (χ1n) is 7.23. The van der Waals surface area contributed by atoms with Crippen LogP contribution in [0.1, 0.15) is 39.5 Å². The van der Waals surface area contributed by atoms with Crippen molar-refractivity contribution in [3.8, 4) is 0 Å². The van der Waals surface area contributed by atoms with Gasteiger partial charge >= 0.3 is 0 Å². The van der Waals surface area contributed by atoms with Crippen LogP contribution < -0.4 is 5.32 Å². The van der Waals surface area contributed by atoms with Gasteiger partial charge in [-0.3, -0.25) is 0 Å². The van der Waals surface area contributed by atoms with Crippen LogP contribution in [0.2, 0.25) is 0 Å². The summed E-state index contributed by atoms with van der Waals surface area (Å²) in [5.74, 6) is 1.64. The summed E-state index contributed by atoms with van der Waals surface area (Å²) in [7, 11) is 2.26. The van der Waals surface area contributed by atoms with E-state index in [1.807, 2.05) is 0 Å². The quantitative estimate of drug-likeness (QED) is 0.563. The van der Waals surface area contributed by atoms with Crippen LogP contribution in [0.3, 0.4) is 0 Å². The minimum absolute atomic E-state index is 0.782. The van der Waals surface area contributed by atoms with Gasteiger partial charge in [-0.1, -0.05) is 18.6 Å². The lowest BCUT2D eigenvalue weighted by molar-refractivity contribution is 0.310. The number of likely N-dealkylation sites (N-methyl/N-ethyl adjacent to an activating group) is 1. The Hall–Kier alpha value is -0.340. The number of hydrogen-bond acceptors (Lipinski definition) is 2. The molecule has 0 aromatic heterocycles. The van der Waals surface area contributed by atoms with Crippen LogP contribution in [0.5, 0.6) is 0 Å². The van der Waals surface area contributed by atoms with E-state index in [0.29, 0.717) is 0 Å². The number of rotatable bonds is 6. The van der Waals surface area contributed by atoms with Gasteiger partial charge in [0, 0.05) is 19.1 Å². The molecule has 0 radical (unpaired) electrons. The fourth-order valence-corrected chi connectivity index (χ4v) is 3.10. The Morgan fingerprint density at radius 3 is 2.82 bits per heavy atom. The SMILES string of the molecule is CC1=CC(C)CC(CNCCN(C)C2CC2)C1. The largest absolute Gasteiger partial charge is 0.315 e. The highest BCUT2D eigenvalue weighted by atomic mass is 15.2. The molecular formula is C15H28N2. The third-order valence-corrected chi connectivity index (χ3v) is 4.13. The third-order valence-electron chi connectivity index (χ3n) is 4.13. The van der Waals surface area contributed by atoms with Crippen LogP contribution in [0.15, 0.2) is 11.6 Å². The topological polar surface area (TPSA) is 15.3 Å². The molecule has 1 N–H and O–H groups in total. The van der Waals surface area contributed by atoms with Gasteiger partial charge in [-0.25, -0.2) is 0 Å². The van der Waals surface area contributed by atoms with Crippen LogP contribution in [-0.4, -0.2) is 37.6 Å². The van der Waals surface area contributed by atoms with Crippen LogP contribution in [-0.2, 0) is 0 Å². The maximum Gasteiger partial charge on any atom is 0.0107 e. The average molecular weight is 236 g/mol. The van der Waals surface area contributed by atoms with E-state index in [-0.39, 0.29) is 0 Å². The van der Waals surface area contributed by atoms with E-state index in [2.05, 4.69) is 37.2 Å². The zero-order chi connectivity index (χ0) is 12.3. The average Bonchev–Trinajstić information content (AvgIpc) is 3.06. The van der Waals surface area contributed by atoms with Crippen molar-refractivity contribution in [1.29, 1.82) is 0 Å². The first-order chi connectivity index (χ1) is 8.15. The van der Waals surface area contributed by atoms with Crippen molar-refractivity contribution in [3.05, 3.63) is 11.6 Å². The Morgan fingerprint density at radius 2 is 2.18 bits per heavy atom. The Labute approximate surface area is 106 Å². The number of hydrogen-bond donors (Lipinski definition) is 1. The summed E-state index contributed by atoms with van der Waals surface area (Å²) in [5.41, 5.74) is 1.59. The summed E-state index contributed by atoms with van der Waals surface area (Å²) < 4.78 is 0. The van der Waals surface area contributed by atoms with Gasteiger partial charge in [0.05, 0.1) is 0 Å². The predicted octanol–water partition coefficient (Wildman–Crippen LogP) is 2.66. The molecule has 2 aliphatic rings. The van der Waals surface area contributed by atoms with Gasteiger partial charge in [0.15, 0.2) is 0 Å². The lowest BCUT2D eigenvalue weighted by Crippen LogP contribution is -2.34. The second-order valence-corrected chi connectivity index (χ2v) is 6.21. The number of allylic oxidation sites excluding steroid dienone is 2. The maximum atomic E-state index is 3.64. The molecule has 0 saturated heterocycles. The molecule has 0 amide bonds. The zero-order valence-corrected chi connectivity index (χ0v) is 11.7. The molecule has 1 saturated carbocycles. The summed E-state index contributed by atoms with van der Waals surface area (Å²) in [6.45, 7) is 8.19. The van der Waals surface area contributed by atoms with Gasteiger partial charge in [-0.05, 0) is 58.0 Å². The Balaban J connectivity index is 1.57. The van der Waals surface area contributed by atoms with E-state index >= 15 is 0 Å². The minimum Gasteiger partial charge on any atom is -0.315 e. The van der Waals surface area contributed by atoms with Gasteiger partial charge in [0.2, 0.25) is 0 Å². The number of nitrogens with one attached hydrogen (secondary N) is 1. The van der Waals surface area contributed by atoms with Gasteiger partial charge in [-0.2, -0.15) is 0 Å². The third kappa shape index (κ3) is 4.44. The van der Waals surface area contributed by atoms with Gasteiger partial charge in [0.1, 0.15) is 0 Å². The highest BCUT2D eigenvalue weighted by molar-refractivity contribution is 5.06. The molecule has 0 aromatic rings. The summed E-state index contributed by atoms with van der Waals surface area (Å²) >= 11 is 0. The van der Waals surface area contributed by atoms with E-state index in [0.717, 1.165) is 24.4 Å². The molecule has 2 unspecified atom stereocenters. The van der Waals surface area contributed by atoms with Crippen molar-refractivity contribution in [2.45, 2.75) is 45.6 Å². The Kier molecular flexibility index (Phi) is 4.63. The second-order valence-electron chi connectivity index (χ2n) is 6.21. The molecule has 2 atom stereocenters. The van der Waals surface area contributed by atoms with E-state index in [9.17, 15) is 0 Å². The Bertz CT molecular complexity index is 268. The lowest BCUT2D eigenvalue weighted by atomic mass is 9.84. The first-order valence-corrected chi connectivity index (χ1v) is 7.23. The van der Waals surface area contributed by atoms with E-state index in [1.54, 1.807) is 5.57 Å². The highest BCUT2D eigenvalue weighted by Gasteiger charge is 2.25. The number of nitrogens with zero attached hydrogens (tertiary/aromatic N) is 1.